The van der Waals surface area contributed by atoms with E-state index in [9.17, 15) is 4.79 Å². The Kier molecular flexibility index (Phi) is 3.44. The van der Waals surface area contributed by atoms with Crippen LogP contribution in [-0.2, 0) is 18.3 Å². The average Bonchev–Trinajstić information content (AvgIpc) is 3.23. The minimum atomic E-state index is -0.274. The summed E-state index contributed by atoms with van der Waals surface area (Å²) in [6.07, 6.45) is 2.74. The molecular formula is C22H20N4O. The average molecular weight is 356 g/mol. The second-order valence-corrected chi connectivity index (χ2v) is 7.21. The first kappa shape index (κ1) is 15.9. The molecule has 134 valence electrons. The molecule has 3 heterocycles. The first-order valence-corrected chi connectivity index (χ1v) is 9.10. The molecular weight excluding hydrogens is 336 g/mol. The quantitative estimate of drug-likeness (QED) is 0.570. The van der Waals surface area contributed by atoms with Gasteiger partial charge < -0.3 is 15.2 Å². The maximum Gasteiger partial charge on any atom is 0.247 e. The molecule has 1 atom stereocenters. The zero-order valence-electron chi connectivity index (χ0n) is 15.3. The van der Waals surface area contributed by atoms with Crippen molar-refractivity contribution in [2.45, 2.75) is 19.4 Å². The van der Waals surface area contributed by atoms with Gasteiger partial charge in [-0.05, 0) is 42.8 Å². The number of hydrogen-bond acceptors (Lipinski definition) is 3. The van der Waals surface area contributed by atoms with Crippen molar-refractivity contribution in [2.24, 2.45) is 7.05 Å². The third-order valence-corrected chi connectivity index (χ3v) is 5.28. The third-order valence-electron chi connectivity index (χ3n) is 5.28. The van der Waals surface area contributed by atoms with Gasteiger partial charge in [0.1, 0.15) is 6.04 Å². The van der Waals surface area contributed by atoms with Gasteiger partial charge in [-0.2, -0.15) is 0 Å². The van der Waals surface area contributed by atoms with Gasteiger partial charge in [0.15, 0.2) is 0 Å². The molecule has 0 fully saturated rings. The molecule has 2 N–H and O–H groups in total. The highest BCUT2D eigenvalue weighted by Gasteiger charge is 2.27. The van der Waals surface area contributed by atoms with Crippen molar-refractivity contribution in [2.75, 3.05) is 10.6 Å². The fourth-order valence-electron chi connectivity index (χ4n) is 3.91. The van der Waals surface area contributed by atoms with Crippen LogP contribution in [0.5, 0.6) is 0 Å². The van der Waals surface area contributed by atoms with Crippen LogP contribution >= 0.6 is 0 Å². The van der Waals surface area contributed by atoms with Gasteiger partial charge in [0.2, 0.25) is 5.91 Å². The first-order valence-electron chi connectivity index (χ1n) is 9.10. The van der Waals surface area contributed by atoms with Crippen molar-refractivity contribution in [3.63, 3.8) is 0 Å². The van der Waals surface area contributed by atoms with Gasteiger partial charge in [-0.1, -0.05) is 18.2 Å². The Morgan fingerprint density at radius 2 is 2.07 bits per heavy atom. The predicted octanol–water partition coefficient (Wildman–Crippen LogP) is 4.01. The van der Waals surface area contributed by atoms with Crippen LogP contribution in [-0.4, -0.2) is 21.5 Å². The summed E-state index contributed by atoms with van der Waals surface area (Å²) in [5, 5.41) is 8.62. The van der Waals surface area contributed by atoms with Crippen molar-refractivity contribution in [3.8, 4) is 0 Å². The molecule has 1 unspecified atom stereocenters. The number of carbonyl (C=O) groups is 1. The molecule has 0 saturated heterocycles. The molecule has 1 aliphatic heterocycles. The highest BCUT2D eigenvalue weighted by Crippen LogP contribution is 2.32. The summed E-state index contributed by atoms with van der Waals surface area (Å²) < 4.78 is 2.11. The first-order chi connectivity index (χ1) is 13.1. The summed E-state index contributed by atoms with van der Waals surface area (Å²) in [7, 11) is 2.04. The lowest BCUT2D eigenvalue weighted by Gasteiger charge is -2.14. The van der Waals surface area contributed by atoms with Crippen LogP contribution in [0.3, 0.4) is 0 Å². The van der Waals surface area contributed by atoms with Crippen molar-refractivity contribution in [1.29, 1.82) is 0 Å². The van der Waals surface area contributed by atoms with E-state index in [1.807, 2.05) is 44.3 Å². The molecule has 0 saturated carbocycles. The Morgan fingerprint density at radius 3 is 2.96 bits per heavy atom. The largest absolute Gasteiger partial charge is 0.373 e. The minimum absolute atomic E-state index is 0.0222. The van der Waals surface area contributed by atoms with Gasteiger partial charge in [0.05, 0.1) is 11.2 Å². The molecule has 5 heteroatoms. The lowest BCUT2D eigenvalue weighted by atomic mass is 10.1. The van der Waals surface area contributed by atoms with Gasteiger partial charge >= 0.3 is 0 Å². The Balaban J connectivity index is 1.43. The normalized spacial score (nSPS) is 15.7. The summed E-state index contributed by atoms with van der Waals surface area (Å²) in [6, 6.07) is 15.9. The number of benzene rings is 2. The highest BCUT2D eigenvalue weighted by molar-refractivity contribution is 6.05. The number of pyridine rings is 1. The molecule has 2 aromatic carbocycles. The smallest absolute Gasteiger partial charge is 0.247 e. The van der Waals surface area contributed by atoms with E-state index in [0.717, 1.165) is 28.0 Å². The molecule has 4 aromatic rings. The maximum absolute atomic E-state index is 12.9. The molecule has 1 amide bonds. The number of carbonyl (C=O) groups excluding carboxylic acids is 1. The van der Waals surface area contributed by atoms with Crippen molar-refractivity contribution >= 4 is 39.1 Å². The fourth-order valence-corrected chi connectivity index (χ4v) is 3.91. The molecule has 0 spiro atoms. The molecule has 0 bridgehead atoms. The summed E-state index contributed by atoms with van der Waals surface area (Å²) >= 11 is 0. The number of nitrogens with zero attached hydrogens (tertiary/aromatic N) is 2. The zero-order valence-corrected chi connectivity index (χ0v) is 15.3. The summed E-state index contributed by atoms with van der Waals surface area (Å²) in [6.45, 7) is 1.94. The maximum atomic E-state index is 12.9. The molecule has 27 heavy (non-hydrogen) atoms. The molecule has 0 radical (unpaired) electrons. The monoisotopic (exact) mass is 356 g/mol. The van der Waals surface area contributed by atoms with Crippen LogP contribution in [0.1, 0.15) is 11.3 Å². The van der Waals surface area contributed by atoms with E-state index >= 15 is 0 Å². The number of aryl methyl sites for hydroxylation is 2. The van der Waals surface area contributed by atoms with Crippen LogP contribution in [0.25, 0.3) is 21.8 Å². The van der Waals surface area contributed by atoms with E-state index in [0.29, 0.717) is 6.42 Å². The Morgan fingerprint density at radius 1 is 1.22 bits per heavy atom. The number of nitrogens with one attached hydrogen (secondary N) is 2. The van der Waals surface area contributed by atoms with Crippen LogP contribution in [0, 0.1) is 6.92 Å². The second kappa shape index (κ2) is 5.84. The van der Waals surface area contributed by atoms with Crippen LogP contribution in [0.4, 0.5) is 11.4 Å². The summed E-state index contributed by atoms with van der Waals surface area (Å²) in [5.41, 5.74) is 6.00. The Labute approximate surface area is 157 Å². The molecule has 5 nitrogen and oxygen atoms in total. The van der Waals surface area contributed by atoms with Gasteiger partial charge in [-0.15, -0.1) is 0 Å². The van der Waals surface area contributed by atoms with Crippen molar-refractivity contribution in [1.82, 2.24) is 9.55 Å². The van der Waals surface area contributed by atoms with E-state index < -0.39 is 0 Å². The summed E-state index contributed by atoms with van der Waals surface area (Å²) in [5.74, 6) is -0.0222. The number of para-hydroxylation sites is 1. The second-order valence-electron chi connectivity index (χ2n) is 7.21. The zero-order chi connectivity index (χ0) is 18.5. The van der Waals surface area contributed by atoms with Crippen LogP contribution < -0.4 is 10.6 Å². The van der Waals surface area contributed by atoms with E-state index in [1.54, 1.807) is 0 Å². The van der Waals surface area contributed by atoms with E-state index in [1.165, 1.54) is 16.5 Å². The number of fused-ring (bicyclic) bond motifs is 3. The Bertz CT molecular complexity index is 1210. The SMILES string of the molecule is Cc1cc(NC(=O)C2Cc3cc4c(ccn4C)cc3N2)c2ccccc2n1. The lowest BCUT2D eigenvalue weighted by molar-refractivity contribution is -0.116. The minimum Gasteiger partial charge on any atom is -0.373 e. The van der Waals surface area contributed by atoms with E-state index in [2.05, 4.69) is 44.6 Å². The van der Waals surface area contributed by atoms with Crippen LogP contribution in [0.2, 0.25) is 0 Å². The van der Waals surface area contributed by atoms with Crippen molar-refractivity contribution < 1.29 is 4.79 Å². The number of amides is 1. The molecule has 0 aliphatic carbocycles. The van der Waals surface area contributed by atoms with Gasteiger partial charge in [-0.25, -0.2) is 0 Å². The number of aromatic nitrogens is 2. The van der Waals surface area contributed by atoms with Gasteiger partial charge in [0, 0.05) is 47.3 Å². The topological polar surface area (TPSA) is 59.0 Å². The number of anilines is 2. The van der Waals surface area contributed by atoms with Crippen molar-refractivity contribution in [3.05, 3.63) is 66.0 Å². The van der Waals surface area contributed by atoms with Crippen LogP contribution in [0.15, 0.2) is 54.7 Å². The van der Waals surface area contributed by atoms with Gasteiger partial charge in [-0.3, -0.25) is 9.78 Å². The summed E-state index contributed by atoms with van der Waals surface area (Å²) in [4.78, 5) is 17.5. The number of hydrogen-bond donors (Lipinski definition) is 2. The molecule has 1 aliphatic rings. The molecule has 5 rings (SSSR count). The van der Waals surface area contributed by atoms with E-state index in [4.69, 9.17) is 0 Å². The predicted molar refractivity (Wildman–Crippen MR) is 109 cm³/mol. The fraction of sp³-hybridized carbons (Fsp3) is 0.182. The lowest BCUT2D eigenvalue weighted by Crippen LogP contribution is -2.32. The third kappa shape index (κ3) is 2.63. The Hall–Kier alpha value is -3.34. The molecule has 2 aromatic heterocycles. The highest BCUT2D eigenvalue weighted by atomic mass is 16.2. The number of rotatable bonds is 2. The van der Waals surface area contributed by atoms with Gasteiger partial charge in [0.25, 0.3) is 0 Å². The van der Waals surface area contributed by atoms with E-state index in [-0.39, 0.29) is 11.9 Å². The standard InChI is InChI=1S/C22H20N4O/c1-13-9-19(16-5-3-4-6-17(16)23-13)25-22(27)20-11-15-12-21-14(7-8-26(21)2)10-18(15)24-20/h3-10,12,20,24H,11H2,1-2H3,(H,23,25,27).